The second-order valence-electron chi connectivity index (χ2n) is 6.85. The van der Waals surface area contributed by atoms with Crippen molar-refractivity contribution in [2.75, 3.05) is 32.8 Å². The summed E-state index contributed by atoms with van der Waals surface area (Å²) in [4.78, 5) is 43.1. The lowest BCUT2D eigenvalue weighted by molar-refractivity contribution is -0.152. The molecule has 1 N–H and O–H groups in total. The van der Waals surface area contributed by atoms with E-state index in [9.17, 15) is 14.4 Å². The van der Waals surface area contributed by atoms with Gasteiger partial charge in [0.15, 0.2) is 12.4 Å². The Kier molecular flexibility index (Phi) is 5.33. The molecule has 29 heavy (non-hydrogen) atoms. The molecule has 2 amide bonds. The molecule has 2 aromatic heterocycles. The Labute approximate surface area is 167 Å². The van der Waals surface area contributed by atoms with E-state index in [0.29, 0.717) is 26.2 Å². The number of benzene rings is 1. The third-order valence-corrected chi connectivity index (χ3v) is 5.02. The van der Waals surface area contributed by atoms with Gasteiger partial charge in [-0.2, -0.15) is 0 Å². The Morgan fingerprint density at radius 3 is 2.52 bits per heavy atom. The van der Waals surface area contributed by atoms with E-state index in [2.05, 4.69) is 4.98 Å². The van der Waals surface area contributed by atoms with Crippen LogP contribution >= 0.6 is 0 Å². The van der Waals surface area contributed by atoms with Crippen LogP contribution in [0.1, 0.15) is 16.1 Å². The van der Waals surface area contributed by atoms with Crippen LogP contribution in [0.5, 0.6) is 0 Å². The number of fused-ring (bicyclic) bond motifs is 1. The van der Waals surface area contributed by atoms with Crippen LogP contribution in [-0.4, -0.2) is 65.4 Å². The summed E-state index contributed by atoms with van der Waals surface area (Å²) in [5, 5.41) is 0.966. The zero-order valence-corrected chi connectivity index (χ0v) is 15.8. The third kappa shape index (κ3) is 4.16. The second kappa shape index (κ2) is 8.22. The van der Waals surface area contributed by atoms with Gasteiger partial charge in [-0.15, -0.1) is 0 Å². The lowest BCUT2D eigenvalue weighted by atomic mass is 10.1. The number of H-pyrrole nitrogens is 1. The van der Waals surface area contributed by atoms with Gasteiger partial charge in [0.1, 0.15) is 0 Å². The number of carbonyl (C=O) groups is 3. The molecule has 1 saturated heterocycles. The van der Waals surface area contributed by atoms with Gasteiger partial charge in [0.25, 0.3) is 11.8 Å². The molecule has 3 aromatic rings. The van der Waals surface area contributed by atoms with Gasteiger partial charge in [-0.25, -0.2) is 0 Å². The third-order valence-electron chi connectivity index (χ3n) is 5.02. The highest BCUT2D eigenvalue weighted by Gasteiger charge is 2.26. The minimum absolute atomic E-state index is 0.0999. The monoisotopic (exact) mass is 395 g/mol. The lowest BCUT2D eigenvalue weighted by Gasteiger charge is -2.34. The molecule has 8 heteroatoms. The molecule has 8 nitrogen and oxygen atoms in total. The highest BCUT2D eigenvalue weighted by molar-refractivity contribution is 5.92. The van der Waals surface area contributed by atoms with E-state index in [1.165, 1.54) is 6.26 Å². The maximum atomic E-state index is 12.3. The number of ether oxygens (including phenoxy) is 1. The number of aromatic nitrogens is 1. The normalized spacial score (nSPS) is 14.2. The summed E-state index contributed by atoms with van der Waals surface area (Å²) in [7, 11) is 0. The van der Waals surface area contributed by atoms with Crippen molar-refractivity contribution in [1.29, 1.82) is 0 Å². The number of nitrogens with zero attached hydrogens (tertiary/aromatic N) is 2. The molecule has 150 valence electrons. The van der Waals surface area contributed by atoms with E-state index in [4.69, 9.17) is 9.15 Å². The van der Waals surface area contributed by atoms with Gasteiger partial charge in [0, 0.05) is 43.3 Å². The zero-order chi connectivity index (χ0) is 20.2. The predicted molar refractivity (Wildman–Crippen MR) is 104 cm³/mol. The van der Waals surface area contributed by atoms with Crippen LogP contribution in [0.15, 0.2) is 53.3 Å². The quantitative estimate of drug-likeness (QED) is 0.665. The van der Waals surface area contributed by atoms with Crippen LogP contribution in [0.3, 0.4) is 0 Å². The van der Waals surface area contributed by atoms with Crippen molar-refractivity contribution < 1.29 is 23.5 Å². The first-order valence-corrected chi connectivity index (χ1v) is 9.43. The van der Waals surface area contributed by atoms with Crippen molar-refractivity contribution in [2.24, 2.45) is 0 Å². The van der Waals surface area contributed by atoms with Crippen molar-refractivity contribution in [2.45, 2.75) is 6.42 Å². The zero-order valence-electron chi connectivity index (χ0n) is 15.8. The molecule has 1 fully saturated rings. The number of aromatic amines is 1. The van der Waals surface area contributed by atoms with Crippen molar-refractivity contribution >= 4 is 28.7 Å². The molecule has 0 bridgehead atoms. The largest absolute Gasteiger partial charge is 0.459 e. The van der Waals surface area contributed by atoms with Crippen LogP contribution in [0.25, 0.3) is 10.9 Å². The van der Waals surface area contributed by atoms with E-state index in [1.54, 1.807) is 28.1 Å². The molecule has 0 radical (unpaired) electrons. The highest BCUT2D eigenvalue weighted by Crippen LogP contribution is 2.18. The van der Waals surface area contributed by atoms with E-state index in [-0.39, 0.29) is 30.6 Å². The lowest BCUT2D eigenvalue weighted by Crippen LogP contribution is -2.51. The van der Waals surface area contributed by atoms with Crippen molar-refractivity contribution in [3.8, 4) is 0 Å². The van der Waals surface area contributed by atoms with Crippen LogP contribution in [0.2, 0.25) is 0 Å². The smallest absolute Gasteiger partial charge is 0.310 e. The number of piperazine rings is 1. The van der Waals surface area contributed by atoms with Crippen LogP contribution < -0.4 is 0 Å². The van der Waals surface area contributed by atoms with Gasteiger partial charge < -0.3 is 23.9 Å². The summed E-state index contributed by atoms with van der Waals surface area (Å²) in [6.45, 7) is 1.31. The maximum Gasteiger partial charge on any atom is 0.310 e. The first-order valence-electron chi connectivity index (χ1n) is 9.43. The van der Waals surface area contributed by atoms with Gasteiger partial charge in [0.2, 0.25) is 0 Å². The molecule has 0 aliphatic carbocycles. The summed E-state index contributed by atoms with van der Waals surface area (Å²) in [6, 6.07) is 11.0. The molecular formula is C21H21N3O5. The van der Waals surface area contributed by atoms with Gasteiger partial charge in [0.05, 0.1) is 12.7 Å². The first kappa shape index (κ1) is 18.8. The summed E-state index contributed by atoms with van der Waals surface area (Å²) in [5.74, 6) is -0.611. The van der Waals surface area contributed by atoms with Crippen molar-refractivity contribution in [1.82, 2.24) is 14.8 Å². The number of para-hydroxylation sites is 1. The molecule has 0 atom stereocenters. The molecule has 1 aliphatic rings. The fourth-order valence-corrected chi connectivity index (χ4v) is 3.43. The fourth-order valence-electron chi connectivity index (χ4n) is 3.43. The average molecular weight is 395 g/mol. The molecule has 0 unspecified atom stereocenters. The number of amides is 2. The number of hydrogen-bond donors (Lipinski definition) is 1. The fraction of sp³-hybridized carbons (Fsp3) is 0.286. The first-order chi connectivity index (χ1) is 14.1. The number of rotatable bonds is 5. The number of carbonyl (C=O) groups excluding carboxylic acids is 3. The van der Waals surface area contributed by atoms with E-state index in [0.717, 1.165) is 16.5 Å². The van der Waals surface area contributed by atoms with E-state index < -0.39 is 5.97 Å². The molecule has 0 saturated carbocycles. The number of esters is 1. The summed E-state index contributed by atoms with van der Waals surface area (Å²) >= 11 is 0. The van der Waals surface area contributed by atoms with Crippen molar-refractivity contribution in [3.05, 3.63) is 60.2 Å². The Hall–Kier alpha value is -3.55. The van der Waals surface area contributed by atoms with Crippen LogP contribution in [0.4, 0.5) is 0 Å². The molecule has 3 heterocycles. The van der Waals surface area contributed by atoms with Crippen molar-refractivity contribution in [3.63, 3.8) is 0 Å². The number of hydrogen-bond acceptors (Lipinski definition) is 5. The van der Waals surface area contributed by atoms with Crippen LogP contribution in [-0.2, 0) is 20.7 Å². The van der Waals surface area contributed by atoms with Gasteiger partial charge in [-0.3, -0.25) is 14.4 Å². The summed E-state index contributed by atoms with van der Waals surface area (Å²) < 4.78 is 10.3. The minimum Gasteiger partial charge on any atom is -0.459 e. The predicted octanol–water partition coefficient (Wildman–Crippen LogP) is 1.83. The Balaban J connectivity index is 1.24. The summed E-state index contributed by atoms with van der Waals surface area (Å²) in [6.07, 6.45) is 3.34. The van der Waals surface area contributed by atoms with Gasteiger partial charge in [-0.05, 0) is 23.8 Å². The number of nitrogens with one attached hydrogen (secondary N) is 1. The average Bonchev–Trinajstić information content (AvgIpc) is 3.42. The van der Waals surface area contributed by atoms with E-state index >= 15 is 0 Å². The molecule has 4 rings (SSSR count). The molecular weight excluding hydrogens is 374 g/mol. The Morgan fingerprint density at radius 1 is 1.00 bits per heavy atom. The van der Waals surface area contributed by atoms with Crippen LogP contribution in [0, 0.1) is 0 Å². The Morgan fingerprint density at radius 2 is 1.76 bits per heavy atom. The highest BCUT2D eigenvalue weighted by atomic mass is 16.5. The Bertz CT molecular complexity index is 1020. The molecule has 1 aliphatic heterocycles. The van der Waals surface area contributed by atoms with E-state index in [1.807, 2.05) is 24.3 Å². The topological polar surface area (TPSA) is 95.9 Å². The minimum atomic E-state index is -0.449. The molecule has 0 spiro atoms. The standard InChI is InChI=1S/C21H21N3O5/c25-19(23-7-9-24(10-8-23)21(27)18-6-3-11-28-18)14-29-20(26)12-15-13-22-17-5-2-1-4-16(15)17/h1-6,11,13,22H,7-10,12,14H2. The van der Waals surface area contributed by atoms with Gasteiger partial charge in [-0.1, -0.05) is 18.2 Å². The molecule has 1 aromatic carbocycles. The van der Waals surface area contributed by atoms with Gasteiger partial charge >= 0.3 is 5.97 Å². The maximum absolute atomic E-state index is 12.3. The summed E-state index contributed by atoms with van der Waals surface area (Å²) in [5.41, 5.74) is 1.79. The second-order valence-corrected chi connectivity index (χ2v) is 6.85. The SMILES string of the molecule is O=C(Cc1c[nH]c2ccccc12)OCC(=O)N1CCN(C(=O)c2ccco2)CC1. The number of furan rings is 1.